The summed E-state index contributed by atoms with van der Waals surface area (Å²) in [4.78, 5) is 3.95. The molecule has 56 valence electrons. The summed E-state index contributed by atoms with van der Waals surface area (Å²) in [7, 11) is 0. The maximum absolute atomic E-state index is 5.24. The van der Waals surface area contributed by atoms with E-state index in [1.54, 1.807) is 6.08 Å². The van der Waals surface area contributed by atoms with Gasteiger partial charge in [-0.1, -0.05) is 13.2 Å². The number of hydrogen-bond acceptors (Lipinski definition) is 4. The van der Waals surface area contributed by atoms with E-state index in [0.29, 0.717) is 17.3 Å². The minimum Gasteiger partial charge on any atom is -0.325 e. The zero-order chi connectivity index (χ0) is 7.98. The van der Waals surface area contributed by atoms with Crippen molar-refractivity contribution in [3.05, 3.63) is 24.9 Å². The molecular formula is C6H11N3S. The highest BCUT2D eigenvalue weighted by Gasteiger charge is 1.90. The van der Waals surface area contributed by atoms with Crippen LogP contribution in [0.15, 0.2) is 29.9 Å². The topological polar surface area (TPSA) is 64.4 Å². The Morgan fingerprint density at radius 2 is 2.30 bits per heavy atom. The Bertz CT molecular complexity index is 162. The van der Waals surface area contributed by atoms with Gasteiger partial charge in [0.1, 0.15) is 5.04 Å². The van der Waals surface area contributed by atoms with Crippen molar-refractivity contribution < 1.29 is 0 Å². The van der Waals surface area contributed by atoms with Crippen molar-refractivity contribution in [3.63, 3.8) is 0 Å². The van der Waals surface area contributed by atoms with Crippen LogP contribution in [0.1, 0.15) is 0 Å². The van der Waals surface area contributed by atoms with Crippen molar-refractivity contribution in [2.45, 2.75) is 0 Å². The molecule has 0 heterocycles. The molecule has 0 spiro atoms. The second-order valence-electron chi connectivity index (χ2n) is 1.54. The Labute approximate surface area is 65.0 Å². The second-order valence-corrected chi connectivity index (χ2v) is 2.20. The van der Waals surface area contributed by atoms with Crippen LogP contribution in [-0.4, -0.2) is 11.6 Å². The molecule has 0 bridgehead atoms. The smallest absolute Gasteiger partial charge is 0.110 e. The van der Waals surface area contributed by atoms with E-state index < -0.39 is 0 Å². The van der Waals surface area contributed by atoms with Gasteiger partial charge in [0.2, 0.25) is 0 Å². The minimum atomic E-state index is 0.345. The molecular weight excluding hydrogens is 146 g/mol. The Kier molecular flexibility index (Phi) is 4.92. The molecule has 0 aromatic carbocycles. The molecule has 0 radical (unpaired) electrons. The van der Waals surface area contributed by atoms with Crippen molar-refractivity contribution in [1.82, 2.24) is 0 Å². The summed E-state index contributed by atoms with van der Waals surface area (Å²) in [6, 6.07) is 0. The Balaban J connectivity index is 4.09. The molecule has 0 saturated heterocycles. The largest absolute Gasteiger partial charge is 0.325 e. The zero-order valence-electron chi connectivity index (χ0n) is 5.71. The highest BCUT2D eigenvalue weighted by atomic mass is 32.2. The lowest BCUT2D eigenvalue weighted by atomic mass is 10.5. The fourth-order valence-corrected chi connectivity index (χ4v) is 0.600. The molecule has 0 aliphatic rings. The van der Waals surface area contributed by atoms with Gasteiger partial charge in [-0.15, -0.1) is 0 Å². The lowest BCUT2D eigenvalue weighted by Gasteiger charge is -1.95. The SMILES string of the molecule is C=CC(=NC(=C)CN)SN. The fourth-order valence-electron chi connectivity index (χ4n) is 0.322. The van der Waals surface area contributed by atoms with Crippen LogP contribution in [-0.2, 0) is 0 Å². The predicted molar refractivity (Wildman–Crippen MR) is 47.6 cm³/mol. The normalized spacial score (nSPS) is 11.2. The molecule has 0 atom stereocenters. The summed E-state index contributed by atoms with van der Waals surface area (Å²) >= 11 is 1.03. The summed E-state index contributed by atoms with van der Waals surface area (Å²) in [5.74, 6) is 0. The van der Waals surface area contributed by atoms with Gasteiger partial charge in [-0.25, -0.2) is 4.99 Å². The maximum Gasteiger partial charge on any atom is 0.110 e. The van der Waals surface area contributed by atoms with Crippen molar-refractivity contribution in [2.75, 3.05) is 6.54 Å². The predicted octanol–water partition coefficient (Wildman–Crippen LogP) is 0.650. The first kappa shape index (κ1) is 9.42. The van der Waals surface area contributed by atoms with Crippen LogP contribution in [0.4, 0.5) is 0 Å². The third-order valence-corrected chi connectivity index (χ3v) is 1.30. The molecule has 0 fully saturated rings. The molecule has 0 aliphatic carbocycles. The highest BCUT2D eigenvalue weighted by Crippen LogP contribution is 1.99. The maximum atomic E-state index is 5.24. The van der Waals surface area contributed by atoms with Crippen molar-refractivity contribution in [1.29, 1.82) is 0 Å². The zero-order valence-corrected chi connectivity index (χ0v) is 6.53. The van der Waals surface area contributed by atoms with Crippen molar-refractivity contribution in [3.8, 4) is 0 Å². The minimum absolute atomic E-state index is 0.345. The van der Waals surface area contributed by atoms with Gasteiger partial charge in [-0.3, -0.25) is 5.14 Å². The molecule has 0 aliphatic heterocycles. The lowest BCUT2D eigenvalue weighted by molar-refractivity contribution is 1.12. The van der Waals surface area contributed by atoms with Crippen LogP contribution in [0.5, 0.6) is 0 Å². The number of nitrogens with two attached hydrogens (primary N) is 2. The van der Waals surface area contributed by atoms with Crippen LogP contribution in [0.2, 0.25) is 0 Å². The van der Waals surface area contributed by atoms with E-state index >= 15 is 0 Å². The van der Waals surface area contributed by atoms with E-state index in [0.717, 1.165) is 11.9 Å². The molecule has 10 heavy (non-hydrogen) atoms. The van der Waals surface area contributed by atoms with Crippen molar-refractivity contribution >= 4 is 17.0 Å². The quantitative estimate of drug-likeness (QED) is 0.359. The van der Waals surface area contributed by atoms with Crippen LogP contribution in [0.3, 0.4) is 0 Å². The number of aliphatic imine (C=N–C) groups is 1. The van der Waals surface area contributed by atoms with Gasteiger partial charge < -0.3 is 5.73 Å². The first-order chi connectivity index (χ1) is 4.74. The fraction of sp³-hybridized carbons (Fsp3) is 0.167. The molecule has 0 unspecified atom stereocenters. The third-order valence-electron chi connectivity index (χ3n) is 0.799. The van der Waals surface area contributed by atoms with Crippen LogP contribution < -0.4 is 10.9 Å². The van der Waals surface area contributed by atoms with Gasteiger partial charge in [0, 0.05) is 12.2 Å². The van der Waals surface area contributed by atoms with E-state index in [2.05, 4.69) is 18.2 Å². The van der Waals surface area contributed by atoms with Crippen LogP contribution in [0.25, 0.3) is 0 Å². The van der Waals surface area contributed by atoms with E-state index in [1.165, 1.54) is 0 Å². The van der Waals surface area contributed by atoms with Gasteiger partial charge in [0.15, 0.2) is 0 Å². The van der Waals surface area contributed by atoms with Gasteiger partial charge in [-0.05, 0) is 18.0 Å². The first-order valence-corrected chi connectivity index (χ1v) is 3.58. The number of nitrogens with zero attached hydrogens (tertiary/aromatic N) is 1. The van der Waals surface area contributed by atoms with Gasteiger partial charge in [0.05, 0.1) is 0 Å². The molecule has 0 aromatic heterocycles. The molecule has 0 aromatic rings. The Hall–Kier alpha value is -0.580. The third kappa shape index (κ3) is 3.45. The van der Waals surface area contributed by atoms with Gasteiger partial charge in [-0.2, -0.15) is 0 Å². The summed E-state index contributed by atoms with van der Waals surface area (Å²) in [5.41, 5.74) is 5.84. The highest BCUT2D eigenvalue weighted by molar-refractivity contribution is 8.12. The summed E-state index contributed by atoms with van der Waals surface area (Å²) < 4.78 is 0. The second kappa shape index (κ2) is 5.22. The van der Waals surface area contributed by atoms with E-state index in [-0.39, 0.29) is 0 Å². The van der Waals surface area contributed by atoms with E-state index in [4.69, 9.17) is 10.9 Å². The average molecular weight is 157 g/mol. The number of rotatable bonds is 3. The molecule has 0 saturated carbocycles. The monoisotopic (exact) mass is 157 g/mol. The number of hydrogen-bond donors (Lipinski definition) is 2. The Morgan fingerprint density at radius 1 is 1.70 bits per heavy atom. The van der Waals surface area contributed by atoms with E-state index in [1.807, 2.05) is 0 Å². The standard InChI is InChI=1S/C6H11N3S/c1-3-6(10-8)9-5(2)4-7/h3H,1-2,4,7-8H2. The average Bonchev–Trinajstić information content (AvgIpc) is 1.99. The molecule has 0 amide bonds. The van der Waals surface area contributed by atoms with E-state index in [9.17, 15) is 0 Å². The first-order valence-electron chi connectivity index (χ1n) is 2.70. The molecule has 4 N–H and O–H groups in total. The molecule has 4 heteroatoms. The molecule has 0 rings (SSSR count). The van der Waals surface area contributed by atoms with Crippen molar-refractivity contribution in [2.24, 2.45) is 15.9 Å². The Morgan fingerprint density at radius 3 is 2.60 bits per heavy atom. The summed E-state index contributed by atoms with van der Waals surface area (Å²) in [5, 5.41) is 5.85. The van der Waals surface area contributed by atoms with Gasteiger partial charge in [0.25, 0.3) is 0 Å². The lowest BCUT2D eigenvalue weighted by Crippen LogP contribution is -2.02. The van der Waals surface area contributed by atoms with Crippen LogP contribution in [0, 0.1) is 0 Å². The summed E-state index contributed by atoms with van der Waals surface area (Å²) in [6.45, 7) is 7.43. The summed E-state index contributed by atoms with van der Waals surface area (Å²) in [6.07, 6.45) is 1.56. The van der Waals surface area contributed by atoms with Crippen LogP contribution >= 0.6 is 11.9 Å². The molecule has 3 nitrogen and oxygen atoms in total. The van der Waals surface area contributed by atoms with Gasteiger partial charge >= 0.3 is 0 Å².